The fourth-order valence-corrected chi connectivity index (χ4v) is 0.289. The van der Waals surface area contributed by atoms with E-state index in [1.807, 2.05) is 14.0 Å². The van der Waals surface area contributed by atoms with Gasteiger partial charge >= 0.3 is 0 Å². The second-order valence-electron chi connectivity index (χ2n) is 2.65. The quantitative estimate of drug-likeness (QED) is 0.614. The standard InChI is InChI=1S/C4H12BN.C3H8BN/c1-3-5(6)4-2;1-3-5(2)4/h3-4,6H2,1-2H3;3H2,1-2H3. The predicted molar refractivity (Wildman–Crippen MR) is 55.0 cm³/mol. The molecule has 4 heteroatoms. The maximum Gasteiger partial charge on any atom is 0.217 e. The van der Waals surface area contributed by atoms with E-state index in [0.29, 0.717) is 6.85 Å². The maximum atomic E-state index is 5.47. The van der Waals surface area contributed by atoms with Crippen molar-refractivity contribution in [1.29, 1.82) is 0 Å². The monoisotopic (exact) mass is 154 g/mol. The second-order valence-corrected chi connectivity index (χ2v) is 2.65. The first kappa shape index (κ1) is 13.6. The summed E-state index contributed by atoms with van der Waals surface area (Å²) in [5.41, 5.74) is 5.47. The van der Waals surface area contributed by atoms with Gasteiger partial charge in [-0.1, -0.05) is 33.4 Å². The lowest BCUT2D eigenvalue weighted by Crippen LogP contribution is -2.21. The van der Waals surface area contributed by atoms with Gasteiger partial charge in [0.1, 0.15) is 0 Å². The van der Waals surface area contributed by atoms with Crippen molar-refractivity contribution in [3.05, 3.63) is 0 Å². The third-order valence-corrected chi connectivity index (χ3v) is 1.55. The Morgan fingerprint density at radius 3 is 1.55 bits per heavy atom. The molecular weight excluding hydrogens is 134 g/mol. The van der Waals surface area contributed by atoms with Crippen molar-refractivity contribution >= 4 is 14.8 Å². The zero-order chi connectivity index (χ0) is 9.28. The van der Waals surface area contributed by atoms with Crippen LogP contribution in [0.2, 0.25) is 12.6 Å². The van der Waals surface area contributed by atoms with Crippen LogP contribution >= 0.6 is 0 Å². The lowest BCUT2D eigenvalue weighted by molar-refractivity contribution is 0.581. The molecule has 2 nitrogen and oxygen atoms in total. The van der Waals surface area contributed by atoms with Gasteiger partial charge in [-0.05, 0) is 13.6 Å². The molecule has 0 aliphatic rings. The Balaban J connectivity index is 0. The highest BCUT2D eigenvalue weighted by Gasteiger charge is 1.96. The molecule has 0 bridgehead atoms. The summed E-state index contributed by atoms with van der Waals surface area (Å²) in [5.74, 6) is 0. The van der Waals surface area contributed by atoms with Gasteiger partial charge < -0.3 is 10.5 Å². The Bertz CT molecular complexity index is 65.5. The zero-order valence-corrected chi connectivity index (χ0v) is 8.30. The lowest BCUT2D eigenvalue weighted by atomic mass is 9.59. The van der Waals surface area contributed by atoms with E-state index in [4.69, 9.17) is 13.6 Å². The smallest absolute Gasteiger partial charge is 0.217 e. The molecule has 0 aliphatic carbocycles. The van der Waals surface area contributed by atoms with Crippen LogP contribution in [0.1, 0.15) is 20.8 Å². The minimum Gasteiger partial charge on any atom is -0.370 e. The molecule has 0 saturated carbocycles. The van der Waals surface area contributed by atoms with E-state index in [9.17, 15) is 0 Å². The first-order valence-electron chi connectivity index (χ1n) is 4.29. The molecule has 0 aromatic rings. The summed E-state index contributed by atoms with van der Waals surface area (Å²) in [7, 11) is 6.96. The molecular formula is C7H20B2N2. The minimum atomic E-state index is 0.435. The molecule has 0 amide bonds. The van der Waals surface area contributed by atoms with Gasteiger partial charge in [0.2, 0.25) is 6.85 Å². The van der Waals surface area contributed by atoms with E-state index in [-0.39, 0.29) is 0 Å². The zero-order valence-electron chi connectivity index (χ0n) is 8.30. The van der Waals surface area contributed by atoms with E-state index in [1.54, 1.807) is 4.81 Å². The van der Waals surface area contributed by atoms with Gasteiger partial charge in [0.15, 0.2) is 7.98 Å². The maximum absolute atomic E-state index is 5.47. The second kappa shape index (κ2) is 10.0. The number of nitrogens with two attached hydrogens (primary N) is 1. The van der Waals surface area contributed by atoms with E-state index >= 15 is 0 Å². The fraction of sp³-hybridized carbons (Fsp3) is 1.00. The molecule has 2 radical (unpaired) electrons. The third kappa shape index (κ3) is 17.8. The first-order chi connectivity index (χ1) is 5.08. The van der Waals surface area contributed by atoms with Crippen LogP contribution in [0, 0.1) is 0 Å². The highest BCUT2D eigenvalue weighted by molar-refractivity contribution is 6.54. The normalized spacial score (nSPS) is 8.91. The minimum absolute atomic E-state index is 0.435. The van der Waals surface area contributed by atoms with Gasteiger partial charge in [0, 0.05) is 0 Å². The van der Waals surface area contributed by atoms with Crippen molar-refractivity contribution in [2.24, 2.45) is 5.64 Å². The van der Waals surface area contributed by atoms with Crippen molar-refractivity contribution in [3.63, 3.8) is 0 Å². The van der Waals surface area contributed by atoms with Gasteiger partial charge in [-0.2, -0.15) is 0 Å². The fourth-order valence-electron chi connectivity index (χ4n) is 0.289. The summed E-state index contributed by atoms with van der Waals surface area (Å²) in [6.45, 7) is 7.56. The topological polar surface area (TPSA) is 29.3 Å². The molecule has 0 aliphatic heterocycles. The molecule has 64 valence electrons. The number of rotatable bonds is 3. The van der Waals surface area contributed by atoms with Crippen molar-refractivity contribution < 1.29 is 0 Å². The van der Waals surface area contributed by atoms with Crippen molar-refractivity contribution in [1.82, 2.24) is 4.81 Å². The third-order valence-electron chi connectivity index (χ3n) is 1.55. The van der Waals surface area contributed by atoms with Crippen molar-refractivity contribution in [3.8, 4) is 0 Å². The summed E-state index contributed by atoms with van der Waals surface area (Å²) in [6, 6.07) is 0. The Kier molecular flexibility index (Phi) is 12.4. The Hall–Kier alpha value is 0.0499. The highest BCUT2D eigenvalue weighted by Crippen LogP contribution is 1.86. The number of hydrogen-bond donors (Lipinski definition) is 1. The van der Waals surface area contributed by atoms with Gasteiger partial charge in [-0.3, -0.25) is 0 Å². The van der Waals surface area contributed by atoms with E-state index in [2.05, 4.69) is 13.8 Å². The molecule has 0 unspecified atom stereocenters. The highest BCUT2D eigenvalue weighted by atomic mass is 15.0. The summed E-state index contributed by atoms with van der Waals surface area (Å²) in [6.07, 6.45) is 2.22. The average Bonchev–Trinajstić information content (AvgIpc) is 2.04. The molecule has 11 heavy (non-hydrogen) atoms. The van der Waals surface area contributed by atoms with Crippen LogP contribution in [-0.4, -0.2) is 33.2 Å². The molecule has 0 heterocycles. The van der Waals surface area contributed by atoms with Gasteiger partial charge in [-0.25, -0.2) is 0 Å². The summed E-state index contributed by atoms with van der Waals surface area (Å²) in [4.78, 5) is 1.62. The van der Waals surface area contributed by atoms with Crippen LogP contribution in [0.4, 0.5) is 0 Å². The number of hydrogen-bond acceptors (Lipinski definition) is 2. The molecule has 0 aromatic heterocycles. The first-order valence-corrected chi connectivity index (χ1v) is 4.29. The van der Waals surface area contributed by atoms with E-state index in [0.717, 1.165) is 19.2 Å². The molecule has 0 rings (SSSR count). The van der Waals surface area contributed by atoms with Gasteiger partial charge in [0.25, 0.3) is 0 Å². The van der Waals surface area contributed by atoms with E-state index in [1.165, 1.54) is 0 Å². The Morgan fingerprint density at radius 1 is 1.27 bits per heavy atom. The number of nitrogens with zero attached hydrogens (tertiary/aromatic N) is 1. The molecule has 0 aromatic carbocycles. The molecule has 0 fully saturated rings. The van der Waals surface area contributed by atoms with Crippen LogP contribution in [0.25, 0.3) is 0 Å². The summed E-state index contributed by atoms with van der Waals surface area (Å²) in [5, 5.41) is 0. The molecule has 0 saturated heterocycles. The summed E-state index contributed by atoms with van der Waals surface area (Å²) < 4.78 is 0. The van der Waals surface area contributed by atoms with Crippen LogP contribution in [-0.2, 0) is 0 Å². The Labute approximate surface area is 73.1 Å². The predicted octanol–water partition coefficient (Wildman–Crippen LogP) is 0.998. The average molecular weight is 154 g/mol. The van der Waals surface area contributed by atoms with Crippen LogP contribution < -0.4 is 5.64 Å². The van der Waals surface area contributed by atoms with Gasteiger partial charge in [-0.15, -0.1) is 0 Å². The van der Waals surface area contributed by atoms with Crippen LogP contribution in [0.5, 0.6) is 0 Å². The Morgan fingerprint density at radius 2 is 1.55 bits per heavy atom. The molecule has 2 N–H and O–H groups in total. The van der Waals surface area contributed by atoms with Crippen molar-refractivity contribution in [2.75, 3.05) is 13.6 Å². The summed E-state index contributed by atoms with van der Waals surface area (Å²) >= 11 is 0. The van der Waals surface area contributed by atoms with E-state index < -0.39 is 0 Å². The van der Waals surface area contributed by atoms with Crippen LogP contribution in [0.15, 0.2) is 0 Å². The van der Waals surface area contributed by atoms with Crippen molar-refractivity contribution in [2.45, 2.75) is 33.4 Å². The molecule has 0 spiro atoms. The molecule has 0 atom stereocenters. The van der Waals surface area contributed by atoms with Gasteiger partial charge in [0.05, 0.1) is 0 Å². The largest absolute Gasteiger partial charge is 0.370 e. The SMILES string of the molecule is CCB(N)CC.[B]N(C)CC. The van der Waals surface area contributed by atoms with Crippen LogP contribution in [0.3, 0.4) is 0 Å². The lowest BCUT2D eigenvalue weighted by Gasteiger charge is -2.00.